The number of amides is 1. The fourth-order valence-electron chi connectivity index (χ4n) is 3.40. The fraction of sp³-hybridized carbons (Fsp3) is 0.350. The van der Waals surface area contributed by atoms with Crippen LogP contribution < -0.4 is 5.32 Å². The summed E-state index contributed by atoms with van der Waals surface area (Å²) in [4.78, 5) is 27.6. The van der Waals surface area contributed by atoms with Crippen LogP contribution in [0.2, 0.25) is 0 Å². The van der Waals surface area contributed by atoms with Crippen LogP contribution in [0, 0.1) is 0 Å². The van der Waals surface area contributed by atoms with Crippen molar-refractivity contribution in [3.05, 3.63) is 54.1 Å². The maximum absolute atomic E-state index is 11.8. The van der Waals surface area contributed by atoms with E-state index in [0.29, 0.717) is 24.6 Å². The lowest BCUT2D eigenvalue weighted by molar-refractivity contribution is -0.129. The number of aromatic nitrogens is 5. The number of fused-ring (bicyclic) bond motifs is 1. The molecule has 1 aliphatic rings. The van der Waals surface area contributed by atoms with Crippen LogP contribution in [-0.2, 0) is 24.3 Å². The van der Waals surface area contributed by atoms with Gasteiger partial charge in [0.05, 0.1) is 18.8 Å². The summed E-state index contributed by atoms with van der Waals surface area (Å²) in [5.74, 6) is 1.44. The van der Waals surface area contributed by atoms with E-state index in [9.17, 15) is 4.79 Å². The summed E-state index contributed by atoms with van der Waals surface area (Å²) >= 11 is 0. The van der Waals surface area contributed by atoms with Gasteiger partial charge in [0.1, 0.15) is 11.5 Å². The lowest BCUT2D eigenvalue weighted by Crippen LogP contribution is -2.36. The zero-order valence-corrected chi connectivity index (χ0v) is 16.0. The minimum atomic E-state index is 0.0604. The summed E-state index contributed by atoms with van der Waals surface area (Å²) in [6.07, 6.45) is 6.17. The highest BCUT2D eigenvalue weighted by Gasteiger charge is 2.25. The Labute approximate surface area is 163 Å². The van der Waals surface area contributed by atoms with Crippen LogP contribution in [0.1, 0.15) is 25.1 Å². The largest absolute Gasteiger partial charge is 0.365 e. The van der Waals surface area contributed by atoms with Gasteiger partial charge in [0.2, 0.25) is 5.91 Å². The first kappa shape index (κ1) is 18.1. The van der Waals surface area contributed by atoms with Gasteiger partial charge in [-0.2, -0.15) is 5.10 Å². The van der Waals surface area contributed by atoms with Crippen molar-refractivity contribution in [2.24, 2.45) is 0 Å². The van der Waals surface area contributed by atoms with Crippen molar-refractivity contribution in [1.29, 1.82) is 0 Å². The lowest BCUT2D eigenvalue weighted by Gasteiger charge is -2.29. The molecule has 4 rings (SSSR count). The normalized spacial score (nSPS) is 14.4. The van der Waals surface area contributed by atoms with Gasteiger partial charge in [0.25, 0.3) is 0 Å². The quantitative estimate of drug-likeness (QED) is 0.733. The molecule has 144 valence electrons. The molecule has 4 heterocycles. The summed E-state index contributed by atoms with van der Waals surface area (Å²) in [6, 6.07) is 7.71. The number of carbonyl (C=O) groups is 1. The predicted octanol–water partition coefficient (Wildman–Crippen LogP) is 2.14. The van der Waals surface area contributed by atoms with Gasteiger partial charge in [-0.3, -0.25) is 14.5 Å². The topological polar surface area (TPSA) is 88.8 Å². The van der Waals surface area contributed by atoms with Crippen molar-refractivity contribution in [1.82, 2.24) is 29.6 Å². The predicted molar refractivity (Wildman–Crippen MR) is 105 cm³/mol. The number of rotatable bonds is 5. The first-order chi connectivity index (χ1) is 13.6. The van der Waals surface area contributed by atoms with Gasteiger partial charge in [0, 0.05) is 43.7 Å². The first-order valence-electron chi connectivity index (χ1n) is 9.41. The molecule has 8 nitrogen and oxygen atoms in total. The third kappa shape index (κ3) is 3.85. The zero-order chi connectivity index (χ0) is 19.5. The molecule has 0 radical (unpaired) electrons. The monoisotopic (exact) mass is 377 g/mol. The molecule has 0 bridgehead atoms. The van der Waals surface area contributed by atoms with Gasteiger partial charge >= 0.3 is 0 Å². The number of pyridine rings is 1. The van der Waals surface area contributed by atoms with Gasteiger partial charge in [-0.15, -0.1) is 0 Å². The smallest absolute Gasteiger partial charge is 0.219 e. The summed E-state index contributed by atoms with van der Waals surface area (Å²) in [6.45, 7) is 5.59. The molecule has 28 heavy (non-hydrogen) atoms. The van der Waals surface area contributed by atoms with E-state index in [0.717, 1.165) is 30.0 Å². The summed E-state index contributed by atoms with van der Waals surface area (Å²) in [7, 11) is 0. The maximum Gasteiger partial charge on any atom is 0.219 e. The van der Waals surface area contributed by atoms with E-state index in [1.165, 1.54) is 0 Å². The molecule has 0 spiro atoms. The van der Waals surface area contributed by atoms with Crippen LogP contribution in [0.15, 0.2) is 42.9 Å². The maximum atomic E-state index is 11.8. The highest BCUT2D eigenvalue weighted by Crippen LogP contribution is 2.27. The third-order valence-corrected chi connectivity index (χ3v) is 4.81. The number of carbonyl (C=O) groups excluding carboxylic acids is 1. The lowest BCUT2D eigenvalue weighted by atomic mass is 10.0. The molecule has 1 N–H and O–H groups in total. The average Bonchev–Trinajstić information content (AvgIpc) is 3.21. The van der Waals surface area contributed by atoms with E-state index in [4.69, 9.17) is 9.97 Å². The minimum absolute atomic E-state index is 0.0604. The Morgan fingerprint density at radius 2 is 2.14 bits per heavy atom. The van der Waals surface area contributed by atoms with E-state index in [1.807, 2.05) is 40.0 Å². The van der Waals surface area contributed by atoms with Crippen molar-refractivity contribution in [2.75, 3.05) is 11.9 Å². The Bertz CT molecular complexity index is 956. The highest BCUT2D eigenvalue weighted by molar-refractivity contribution is 5.74. The van der Waals surface area contributed by atoms with Crippen LogP contribution in [0.5, 0.6) is 0 Å². The number of hydrogen-bond acceptors (Lipinski definition) is 6. The molecular weight excluding hydrogens is 354 g/mol. The molecule has 1 unspecified atom stereocenters. The summed E-state index contributed by atoms with van der Waals surface area (Å²) in [5.41, 5.74) is 2.67. The highest BCUT2D eigenvalue weighted by atomic mass is 16.2. The van der Waals surface area contributed by atoms with Gasteiger partial charge < -0.3 is 10.2 Å². The van der Waals surface area contributed by atoms with Gasteiger partial charge in [-0.25, -0.2) is 9.97 Å². The Balaban J connectivity index is 1.67. The molecule has 0 saturated carbocycles. The Hall–Kier alpha value is -3.29. The summed E-state index contributed by atoms with van der Waals surface area (Å²) in [5, 5.41) is 7.79. The molecule has 1 atom stereocenters. The molecule has 3 aromatic rings. The Morgan fingerprint density at radius 1 is 1.25 bits per heavy atom. The number of nitrogens with one attached hydrogen (secondary N) is 1. The van der Waals surface area contributed by atoms with Crippen molar-refractivity contribution in [3.63, 3.8) is 0 Å². The molecule has 1 amide bonds. The second kappa shape index (κ2) is 7.75. The van der Waals surface area contributed by atoms with Crippen molar-refractivity contribution in [3.8, 4) is 11.5 Å². The molecular formula is C20H23N7O. The SMILES string of the molecule is CC(=O)N1CCc2c(nc(-c3ccccn3)nc2NC(C)Cn2cccn2)C1. The standard InChI is InChI=1S/C20H23N7O/c1-14(12-27-10-5-9-22-27)23-19-16-7-11-26(15(2)28)13-18(16)24-20(25-19)17-6-3-4-8-21-17/h3-6,8-10,14H,7,11-13H2,1-2H3,(H,23,24,25). The Kier molecular flexibility index (Phi) is 5.01. The zero-order valence-electron chi connectivity index (χ0n) is 16.0. The molecule has 0 saturated heterocycles. The third-order valence-electron chi connectivity index (χ3n) is 4.81. The average molecular weight is 377 g/mol. The van der Waals surface area contributed by atoms with E-state index in [2.05, 4.69) is 22.3 Å². The van der Waals surface area contributed by atoms with Gasteiger partial charge in [-0.05, 0) is 31.5 Å². The van der Waals surface area contributed by atoms with E-state index < -0.39 is 0 Å². The van der Waals surface area contributed by atoms with Gasteiger partial charge in [-0.1, -0.05) is 6.07 Å². The Morgan fingerprint density at radius 3 is 2.86 bits per heavy atom. The van der Waals surface area contributed by atoms with E-state index in [1.54, 1.807) is 19.3 Å². The summed E-state index contributed by atoms with van der Waals surface area (Å²) < 4.78 is 1.89. The van der Waals surface area contributed by atoms with Crippen molar-refractivity contribution in [2.45, 2.75) is 39.4 Å². The molecule has 0 aliphatic carbocycles. The number of hydrogen-bond donors (Lipinski definition) is 1. The number of anilines is 1. The van der Waals surface area contributed by atoms with E-state index in [-0.39, 0.29) is 11.9 Å². The van der Waals surface area contributed by atoms with Crippen LogP contribution in [0.3, 0.4) is 0 Å². The number of nitrogens with zero attached hydrogens (tertiary/aromatic N) is 6. The molecule has 0 fully saturated rings. The van der Waals surface area contributed by atoms with Crippen LogP contribution in [-0.4, -0.2) is 48.1 Å². The minimum Gasteiger partial charge on any atom is -0.365 e. The van der Waals surface area contributed by atoms with Crippen molar-refractivity contribution >= 4 is 11.7 Å². The van der Waals surface area contributed by atoms with Crippen molar-refractivity contribution < 1.29 is 4.79 Å². The molecule has 0 aromatic carbocycles. The second-order valence-electron chi connectivity index (χ2n) is 7.00. The second-order valence-corrected chi connectivity index (χ2v) is 7.00. The molecule has 1 aliphatic heterocycles. The molecule has 8 heteroatoms. The van der Waals surface area contributed by atoms with Crippen LogP contribution in [0.4, 0.5) is 5.82 Å². The fourth-order valence-corrected chi connectivity index (χ4v) is 3.40. The van der Waals surface area contributed by atoms with E-state index >= 15 is 0 Å². The first-order valence-corrected chi connectivity index (χ1v) is 9.41. The van der Waals surface area contributed by atoms with Crippen LogP contribution in [0.25, 0.3) is 11.5 Å². The van der Waals surface area contributed by atoms with Gasteiger partial charge in [0.15, 0.2) is 5.82 Å². The van der Waals surface area contributed by atoms with Crippen LogP contribution >= 0.6 is 0 Å². The molecule has 3 aromatic heterocycles.